The van der Waals surface area contributed by atoms with E-state index in [4.69, 9.17) is 5.26 Å². The van der Waals surface area contributed by atoms with Gasteiger partial charge >= 0.3 is 0 Å². The lowest BCUT2D eigenvalue weighted by atomic mass is 10.1. The van der Waals surface area contributed by atoms with E-state index in [-0.39, 0.29) is 5.91 Å². The van der Waals surface area contributed by atoms with E-state index in [1.165, 1.54) is 16.9 Å². The number of amides is 1. The molecule has 0 spiro atoms. The third-order valence-electron chi connectivity index (χ3n) is 4.31. The molecule has 0 aliphatic heterocycles. The molecule has 0 bridgehead atoms. The highest BCUT2D eigenvalue weighted by atomic mass is 32.1. The van der Waals surface area contributed by atoms with Gasteiger partial charge in [0.05, 0.1) is 11.6 Å². The first kappa shape index (κ1) is 16.2. The number of fused-ring (bicyclic) bond motifs is 1. The molecule has 0 unspecified atom stereocenters. The first-order valence-electron chi connectivity index (χ1n) is 8.26. The fourth-order valence-corrected chi connectivity index (χ4v) is 3.85. The maximum absolute atomic E-state index is 12.6. The first-order chi connectivity index (χ1) is 12.7. The van der Waals surface area contributed by atoms with Crippen molar-refractivity contribution in [2.24, 2.45) is 0 Å². The van der Waals surface area contributed by atoms with Gasteiger partial charge in [0.1, 0.15) is 0 Å². The molecule has 0 saturated heterocycles. The fraction of sp³-hybridized carbons (Fsp3) is 0.0952. The number of carbonyl (C=O) groups is 1. The molecular formula is C21H15N3OS. The van der Waals surface area contributed by atoms with Crippen molar-refractivity contribution in [1.82, 2.24) is 4.98 Å². The average molecular weight is 357 g/mol. The Morgan fingerprint density at radius 1 is 1.19 bits per heavy atom. The summed E-state index contributed by atoms with van der Waals surface area (Å²) in [6, 6.07) is 17.6. The molecule has 0 radical (unpaired) electrons. The van der Waals surface area contributed by atoms with Crippen molar-refractivity contribution in [1.29, 1.82) is 5.26 Å². The summed E-state index contributed by atoms with van der Waals surface area (Å²) >= 11 is 1.47. The molecule has 1 heterocycles. The number of benzene rings is 2. The van der Waals surface area contributed by atoms with E-state index in [9.17, 15) is 4.79 Å². The van der Waals surface area contributed by atoms with Gasteiger partial charge in [-0.15, -0.1) is 11.3 Å². The highest BCUT2D eigenvalue weighted by molar-refractivity contribution is 7.15. The Balaban J connectivity index is 1.44. The zero-order valence-corrected chi connectivity index (χ0v) is 14.7. The normalized spacial score (nSPS) is 12.2. The van der Waals surface area contributed by atoms with Gasteiger partial charge in [0, 0.05) is 23.1 Å². The van der Waals surface area contributed by atoms with E-state index in [0.29, 0.717) is 16.3 Å². The number of nitrogens with one attached hydrogen (secondary N) is 1. The Labute approximate surface area is 155 Å². The molecule has 1 N–H and O–H groups in total. The largest absolute Gasteiger partial charge is 0.298 e. The third kappa shape index (κ3) is 3.28. The van der Waals surface area contributed by atoms with Crippen LogP contribution in [0, 0.1) is 11.3 Å². The van der Waals surface area contributed by atoms with Crippen LogP contribution in [0.15, 0.2) is 60.8 Å². The summed E-state index contributed by atoms with van der Waals surface area (Å²) in [5, 5.41) is 12.4. The number of thiazole rings is 1. The molecule has 26 heavy (non-hydrogen) atoms. The Kier molecular flexibility index (Phi) is 4.34. The standard InChI is InChI=1S/C21H15N3OS/c22-12-15-7-5-14(6-8-15)11-17-13-23-21(26-17)24-20(25)19-10-9-16-3-1-2-4-18(16)19/h1-8,10,13H,9,11H2,(H,23,24,25). The summed E-state index contributed by atoms with van der Waals surface area (Å²) in [6.07, 6.45) is 5.27. The number of anilines is 1. The van der Waals surface area contributed by atoms with Crippen LogP contribution in [0.2, 0.25) is 0 Å². The number of nitrogens with zero attached hydrogens (tertiary/aromatic N) is 2. The van der Waals surface area contributed by atoms with Crippen molar-refractivity contribution in [3.05, 3.63) is 87.9 Å². The molecule has 1 aliphatic rings. The molecule has 4 nitrogen and oxygen atoms in total. The van der Waals surface area contributed by atoms with Crippen LogP contribution in [0.1, 0.15) is 27.1 Å². The van der Waals surface area contributed by atoms with Crippen LogP contribution < -0.4 is 5.32 Å². The van der Waals surface area contributed by atoms with Gasteiger partial charge in [0.25, 0.3) is 5.91 Å². The van der Waals surface area contributed by atoms with Crippen LogP contribution in [0.4, 0.5) is 5.13 Å². The number of aromatic nitrogens is 1. The molecule has 126 valence electrons. The molecule has 0 fully saturated rings. The number of hydrogen-bond acceptors (Lipinski definition) is 4. The summed E-state index contributed by atoms with van der Waals surface area (Å²) in [5.41, 5.74) is 4.65. The van der Waals surface area contributed by atoms with Crippen LogP contribution in [0.3, 0.4) is 0 Å². The van der Waals surface area contributed by atoms with Crippen molar-refractivity contribution in [2.75, 3.05) is 5.32 Å². The minimum Gasteiger partial charge on any atom is -0.298 e. The van der Waals surface area contributed by atoms with Gasteiger partial charge in [-0.3, -0.25) is 10.1 Å². The smallest absolute Gasteiger partial charge is 0.257 e. The second kappa shape index (κ2) is 6.95. The van der Waals surface area contributed by atoms with E-state index in [1.54, 1.807) is 6.20 Å². The van der Waals surface area contributed by atoms with E-state index >= 15 is 0 Å². The molecule has 0 saturated carbocycles. The second-order valence-electron chi connectivity index (χ2n) is 6.05. The minimum atomic E-state index is -0.116. The molecule has 0 atom stereocenters. The van der Waals surface area contributed by atoms with Crippen molar-refractivity contribution in [3.63, 3.8) is 0 Å². The van der Waals surface area contributed by atoms with Crippen LogP contribution in [-0.2, 0) is 17.6 Å². The van der Waals surface area contributed by atoms with Crippen molar-refractivity contribution < 1.29 is 4.79 Å². The van der Waals surface area contributed by atoms with E-state index in [2.05, 4.69) is 16.4 Å². The third-order valence-corrected chi connectivity index (χ3v) is 5.23. The summed E-state index contributed by atoms with van der Waals surface area (Å²) in [4.78, 5) is 18.0. The second-order valence-corrected chi connectivity index (χ2v) is 7.17. The first-order valence-corrected chi connectivity index (χ1v) is 9.08. The minimum absolute atomic E-state index is 0.116. The van der Waals surface area contributed by atoms with Gasteiger partial charge in [-0.05, 0) is 35.2 Å². The molecule has 3 aromatic rings. The van der Waals surface area contributed by atoms with Crippen molar-refractivity contribution >= 4 is 27.9 Å². The molecule has 1 amide bonds. The molecule has 5 heteroatoms. The molecule has 1 aliphatic carbocycles. The highest BCUT2D eigenvalue weighted by Crippen LogP contribution is 2.29. The van der Waals surface area contributed by atoms with Gasteiger partial charge in [-0.1, -0.05) is 42.5 Å². The zero-order valence-electron chi connectivity index (χ0n) is 13.9. The van der Waals surface area contributed by atoms with Gasteiger partial charge in [-0.2, -0.15) is 5.26 Å². The monoisotopic (exact) mass is 357 g/mol. The van der Waals surface area contributed by atoms with Crippen LogP contribution in [-0.4, -0.2) is 10.9 Å². The summed E-state index contributed by atoms with van der Waals surface area (Å²) in [7, 11) is 0. The van der Waals surface area contributed by atoms with Crippen LogP contribution in [0.25, 0.3) is 5.57 Å². The molecule has 1 aromatic heterocycles. The molecular weight excluding hydrogens is 342 g/mol. The average Bonchev–Trinajstić information content (AvgIpc) is 3.29. The lowest BCUT2D eigenvalue weighted by Crippen LogP contribution is -2.12. The predicted octanol–water partition coefficient (Wildman–Crippen LogP) is 4.18. The Bertz CT molecular complexity index is 1040. The zero-order chi connectivity index (χ0) is 17.9. The summed E-state index contributed by atoms with van der Waals surface area (Å²) in [5.74, 6) is -0.116. The van der Waals surface area contributed by atoms with Crippen LogP contribution in [0.5, 0.6) is 0 Å². The van der Waals surface area contributed by atoms with Gasteiger partial charge < -0.3 is 0 Å². The molecule has 2 aromatic carbocycles. The molecule has 4 rings (SSSR count). The SMILES string of the molecule is N#Cc1ccc(Cc2cnc(NC(=O)C3=CCc4ccccc43)s2)cc1. The van der Waals surface area contributed by atoms with E-state index < -0.39 is 0 Å². The van der Waals surface area contributed by atoms with Gasteiger partial charge in [0.15, 0.2) is 5.13 Å². The van der Waals surface area contributed by atoms with Gasteiger partial charge in [-0.25, -0.2) is 4.98 Å². The highest BCUT2D eigenvalue weighted by Gasteiger charge is 2.20. The summed E-state index contributed by atoms with van der Waals surface area (Å²) in [6.45, 7) is 0. The Morgan fingerprint density at radius 2 is 2.00 bits per heavy atom. The summed E-state index contributed by atoms with van der Waals surface area (Å²) < 4.78 is 0. The predicted molar refractivity (Wildman–Crippen MR) is 103 cm³/mol. The Morgan fingerprint density at radius 3 is 2.81 bits per heavy atom. The number of hydrogen-bond donors (Lipinski definition) is 1. The number of carbonyl (C=O) groups excluding carboxylic acids is 1. The van der Waals surface area contributed by atoms with Gasteiger partial charge in [0.2, 0.25) is 0 Å². The maximum atomic E-state index is 12.6. The van der Waals surface area contributed by atoms with Crippen LogP contribution >= 0.6 is 11.3 Å². The van der Waals surface area contributed by atoms with Crippen molar-refractivity contribution in [2.45, 2.75) is 12.8 Å². The number of nitriles is 1. The van der Waals surface area contributed by atoms with Crippen molar-refractivity contribution in [3.8, 4) is 6.07 Å². The fourth-order valence-electron chi connectivity index (χ4n) is 3.01. The Hall–Kier alpha value is -3.23. The van der Waals surface area contributed by atoms with E-state index in [0.717, 1.165) is 28.8 Å². The lowest BCUT2D eigenvalue weighted by Gasteiger charge is -2.05. The topological polar surface area (TPSA) is 65.8 Å². The number of rotatable bonds is 4. The number of allylic oxidation sites excluding steroid dienone is 1. The van der Waals surface area contributed by atoms with E-state index in [1.807, 2.05) is 54.6 Å². The quantitative estimate of drug-likeness (QED) is 0.761. The lowest BCUT2D eigenvalue weighted by molar-refractivity contribution is -0.111. The maximum Gasteiger partial charge on any atom is 0.257 e.